The maximum absolute atomic E-state index is 13.0. The fourth-order valence-electron chi connectivity index (χ4n) is 3.71. The molecule has 0 aliphatic carbocycles. The van der Waals surface area contributed by atoms with Crippen LogP contribution in [-0.2, 0) is 19.1 Å². The van der Waals surface area contributed by atoms with Crippen LogP contribution < -0.4 is 40.0 Å². The Kier molecular flexibility index (Phi) is 10.4. The maximum Gasteiger partial charge on any atom is 1.00 e. The van der Waals surface area contributed by atoms with E-state index >= 15 is 0 Å². The van der Waals surface area contributed by atoms with Gasteiger partial charge in [0.05, 0.1) is 5.97 Å². The number of carboxylic acid groups (broad SMARTS) is 1. The zero-order chi connectivity index (χ0) is 22.4. The van der Waals surface area contributed by atoms with Crippen LogP contribution in [0.3, 0.4) is 0 Å². The van der Waals surface area contributed by atoms with Crippen LogP contribution in [0.25, 0.3) is 6.08 Å². The van der Waals surface area contributed by atoms with E-state index in [1.165, 1.54) is 0 Å². The van der Waals surface area contributed by atoms with Gasteiger partial charge in [0.25, 0.3) is 5.91 Å². The average molecular weight is 451 g/mol. The van der Waals surface area contributed by atoms with Crippen molar-refractivity contribution in [3.63, 3.8) is 0 Å². The van der Waals surface area contributed by atoms with Crippen LogP contribution in [0.1, 0.15) is 25.8 Å². The van der Waals surface area contributed by atoms with Crippen LogP contribution >= 0.6 is 0 Å². The van der Waals surface area contributed by atoms with Gasteiger partial charge in [-0.05, 0) is 17.9 Å². The zero-order valence-corrected chi connectivity index (χ0v) is 21.0. The second kappa shape index (κ2) is 12.5. The molecule has 2 fully saturated rings. The van der Waals surface area contributed by atoms with E-state index in [-0.39, 0.29) is 41.4 Å². The molecule has 0 radical (unpaired) electrons. The first-order valence-electron chi connectivity index (χ1n) is 10.7. The summed E-state index contributed by atoms with van der Waals surface area (Å²) in [6.45, 7) is 7.44. The van der Waals surface area contributed by atoms with E-state index in [0.29, 0.717) is 19.5 Å². The van der Waals surface area contributed by atoms with E-state index in [1.54, 1.807) is 4.90 Å². The molecule has 0 spiro atoms. The number of ether oxygens (including phenoxy) is 1. The Bertz CT molecular complexity index is 809. The monoisotopic (exact) mass is 451 g/mol. The number of aliphatic carboxylic acids is 1. The minimum absolute atomic E-state index is 0. The third-order valence-electron chi connectivity index (χ3n) is 5.46. The SMILES string of the molecule is CC(C)C[C@H](NC(=O)[C@@H]1O[C@H]1C(=O)[O-])C(=O)N1CCN(CC=Cc2ccccc2)CC1.[Na+]. The zero-order valence-electron chi connectivity index (χ0n) is 19.0. The Morgan fingerprint density at radius 2 is 1.78 bits per heavy atom. The number of carboxylic acids is 1. The topological polar surface area (TPSA) is 105 Å². The van der Waals surface area contributed by atoms with Gasteiger partial charge in [0.1, 0.15) is 12.1 Å². The number of carbonyl (C=O) groups is 3. The minimum Gasteiger partial charge on any atom is -0.547 e. The molecular weight excluding hydrogens is 421 g/mol. The molecule has 168 valence electrons. The van der Waals surface area contributed by atoms with Crippen LogP contribution in [0.4, 0.5) is 0 Å². The number of hydrogen-bond donors (Lipinski definition) is 1. The van der Waals surface area contributed by atoms with E-state index in [9.17, 15) is 19.5 Å². The first kappa shape index (κ1) is 26.5. The number of nitrogens with one attached hydrogen (secondary N) is 1. The van der Waals surface area contributed by atoms with Crippen LogP contribution in [0.2, 0.25) is 0 Å². The Morgan fingerprint density at radius 1 is 1.12 bits per heavy atom. The molecule has 0 saturated carbocycles. The summed E-state index contributed by atoms with van der Waals surface area (Å²) in [6, 6.07) is 9.41. The van der Waals surface area contributed by atoms with Crippen LogP contribution in [-0.4, -0.2) is 78.6 Å². The average Bonchev–Trinajstić information content (AvgIpc) is 3.55. The predicted octanol–water partition coefficient (Wildman–Crippen LogP) is -3.10. The molecule has 0 bridgehead atoms. The number of piperazine rings is 1. The number of carbonyl (C=O) groups excluding carboxylic acids is 3. The van der Waals surface area contributed by atoms with Crippen molar-refractivity contribution >= 4 is 23.9 Å². The largest absolute Gasteiger partial charge is 1.00 e. The first-order valence-corrected chi connectivity index (χ1v) is 10.7. The van der Waals surface area contributed by atoms with E-state index in [1.807, 2.05) is 32.0 Å². The van der Waals surface area contributed by atoms with Gasteiger partial charge in [0, 0.05) is 32.7 Å². The van der Waals surface area contributed by atoms with Gasteiger partial charge in [-0.25, -0.2) is 0 Å². The number of hydrogen-bond acceptors (Lipinski definition) is 6. The Labute approximate surface area is 211 Å². The summed E-state index contributed by atoms with van der Waals surface area (Å²) in [5.41, 5.74) is 1.16. The molecule has 1 aromatic rings. The number of epoxide rings is 1. The molecule has 2 amide bonds. The molecule has 2 aliphatic heterocycles. The van der Waals surface area contributed by atoms with Crippen molar-refractivity contribution in [2.24, 2.45) is 5.92 Å². The van der Waals surface area contributed by atoms with Crippen LogP contribution in [0.5, 0.6) is 0 Å². The molecule has 2 heterocycles. The van der Waals surface area contributed by atoms with Gasteiger partial charge in [-0.2, -0.15) is 0 Å². The van der Waals surface area contributed by atoms with Crippen molar-refractivity contribution in [3.8, 4) is 0 Å². The summed E-state index contributed by atoms with van der Waals surface area (Å²) >= 11 is 0. The quantitative estimate of drug-likeness (QED) is 0.315. The van der Waals surface area contributed by atoms with Crippen molar-refractivity contribution in [3.05, 3.63) is 42.0 Å². The standard InChI is InChI=1S/C23H31N3O5.Na/c1-16(2)15-18(24-21(27)19-20(31-19)23(29)30)22(28)26-13-11-25(12-14-26)10-6-9-17-7-4-3-5-8-17;/h3-9,16,18-20H,10-15H2,1-2H3,(H,24,27)(H,29,30);/q;+1/p-1/t18-,19+,20+;/m0./s1. The van der Waals surface area contributed by atoms with E-state index in [0.717, 1.165) is 25.2 Å². The third kappa shape index (κ3) is 7.71. The molecular formula is C23H30N3NaO5. The molecule has 0 aromatic heterocycles. The Morgan fingerprint density at radius 3 is 2.34 bits per heavy atom. The van der Waals surface area contributed by atoms with Gasteiger partial charge in [0.15, 0.2) is 6.10 Å². The van der Waals surface area contributed by atoms with Crippen LogP contribution in [0.15, 0.2) is 36.4 Å². The molecule has 9 heteroatoms. The molecule has 0 unspecified atom stereocenters. The number of amides is 2. The summed E-state index contributed by atoms with van der Waals surface area (Å²) in [5, 5.41) is 13.5. The van der Waals surface area contributed by atoms with Gasteiger partial charge < -0.3 is 24.9 Å². The van der Waals surface area contributed by atoms with E-state index in [4.69, 9.17) is 4.74 Å². The predicted molar refractivity (Wildman–Crippen MR) is 114 cm³/mol. The maximum atomic E-state index is 13.0. The molecule has 3 rings (SSSR count). The summed E-state index contributed by atoms with van der Waals surface area (Å²) in [4.78, 5) is 40.2. The van der Waals surface area contributed by atoms with Gasteiger partial charge in [-0.1, -0.05) is 56.3 Å². The second-order valence-electron chi connectivity index (χ2n) is 8.43. The van der Waals surface area contributed by atoms with Gasteiger partial charge in [-0.15, -0.1) is 0 Å². The van der Waals surface area contributed by atoms with E-state index < -0.39 is 30.1 Å². The smallest absolute Gasteiger partial charge is 0.547 e. The Hall–Kier alpha value is -1.71. The molecule has 1 aromatic carbocycles. The van der Waals surface area contributed by atoms with Gasteiger partial charge in [0.2, 0.25) is 5.91 Å². The normalized spacial score (nSPS) is 21.8. The fraction of sp³-hybridized carbons (Fsp3) is 0.522. The Balaban J connectivity index is 0.00000363. The number of rotatable bonds is 9. The number of benzene rings is 1. The number of nitrogens with zero attached hydrogens (tertiary/aromatic N) is 2. The third-order valence-corrected chi connectivity index (χ3v) is 5.46. The van der Waals surface area contributed by atoms with Crippen LogP contribution in [0, 0.1) is 5.92 Å². The van der Waals surface area contributed by atoms with Crippen molar-refractivity contribution in [2.75, 3.05) is 32.7 Å². The molecule has 8 nitrogen and oxygen atoms in total. The molecule has 2 aliphatic rings. The van der Waals surface area contributed by atoms with Crippen molar-refractivity contribution in [1.29, 1.82) is 0 Å². The second-order valence-corrected chi connectivity index (χ2v) is 8.43. The minimum atomic E-state index is -1.41. The van der Waals surface area contributed by atoms with E-state index in [2.05, 4.69) is 34.5 Å². The summed E-state index contributed by atoms with van der Waals surface area (Å²) in [6.07, 6.45) is 2.40. The van der Waals surface area contributed by atoms with Crippen molar-refractivity contribution in [1.82, 2.24) is 15.1 Å². The first-order chi connectivity index (χ1) is 14.8. The summed E-state index contributed by atoms with van der Waals surface area (Å²) in [7, 11) is 0. The van der Waals surface area contributed by atoms with Crippen molar-refractivity contribution < 1.29 is 53.8 Å². The molecule has 32 heavy (non-hydrogen) atoms. The fourth-order valence-corrected chi connectivity index (χ4v) is 3.71. The van der Waals surface area contributed by atoms with Gasteiger partial charge in [-0.3, -0.25) is 14.5 Å². The molecule has 1 N–H and O–H groups in total. The molecule has 3 atom stereocenters. The molecule has 2 saturated heterocycles. The summed E-state index contributed by atoms with van der Waals surface area (Å²) in [5.74, 6) is -1.93. The summed E-state index contributed by atoms with van der Waals surface area (Å²) < 4.78 is 4.84. The van der Waals surface area contributed by atoms with Crippen molar-refractivity contribution in [2.45, 2.75) is 38.5 Å². The van der Waals surface area contributed by atoms with Gasteiger partial charge >= 0.3 is 29.6 Å².